The zero-order valence-corrected chi connectivity index (χ0v) is 9.35. The summed E-state index contributed by atoms with van der Waals surface area (Å²) in [6.07, 6.45) is 1.61. The van der Waals surface area contributed by atoms with Crippen molar-refractivity contribution in [3.05, 3.63) is 59.5 Å². The maximum Gasteiger partial charge on any atom is 0.129 e. The second kappa shape index (κ2) is 5.32. The Morgan fingerprint density at radius 1 is 1.18 bits per heavy atom. The molecule has 2 rings (SSSR count). The van der Waals surface area contributed by atoms with Crippen LogP contribution in [0.25, 0.3) is 0 Å². The van der Waals surface area contributed by atoms with E-state index in [1.165, 1.54) is 0 Å². The third-order valence-electron chi connectivity index (χ3n) is 2.39. The third kappa shape index (κ3) is 2.95. The van der Waals surface area contributed by atoms with Gasteiger partial charge >= 0.3 is 0 Å². The first kappa shape index (κ1) is 11.4. The number of furan rings is 1. The van der Waals surface area contributed by atoms with Gasteiger partial charge in [-0.25, -0.2) is 0 Å². The topological polar surface area (TPSA) is 72.2 Å². The molecule has 4 nitrogen and oxygen atoms in total. The molecule has 0 radical (unpaired) electrons. The van der Waals surface area contributed by atoms with Gasteiger partial charge in [-0.15, -0.1) is 0 Å². The Kier molecular flexibility index (Phi) is 3.57. The second-order valence-electron chi connectivity index (χ2n) is 3.64. The van der Waals surface area contributed by atoms with Crippen LogP contribution in [0.3, 0.4) is 0 Å². The Morgan fingerprint density at radius 3 is 2.71 bits per heavy atom. The van der Waals surface area contributed by atoms with Gasteiger partial charge < -0.3 is 14.9 Å². The predicted octanol–water partition coefficient (Wildman–Crippen LogP) is 2.28. The average molecular weight is 230 g/mol. The van der Waals surface area contributed by atoms with E-state index in [9.17, 15) is 0 Å². The zero-order chi connectivity index (χ0) is 12.1. The fourth-order valence-electron chi connectivity index (χ4n) is 1.57. The Labute approximate surface area is 99.5 Å². The molecule has 0 saturated heterocycles. The zero-order valence-electron chi connectivity index (χ0n) is 9.35. The quantitative estimate of drug-likeness (QED) is 0.611. The molecule has 17 heavy (non-hydrogen) atoms. The van der Waals surface area contributed by atoms with Gasteiger partial charge in [-0.05, 0) is 17.7 Å². The van der Waals surface area contributed by atoms with Crippen LogP contribution in [0.4, 0.5) is 0 Å². The summed E-state index contributed by atoms with van der Waals surface area (Å²) < 4.78 is 10.7. The van der Waals surface area contributed by atoms with E-state index in [0.717, 1.165) is 11.3 Å². The number of ether oxygens (including phenoxy) is 1. The largest absolute Gasteiger partial charge is 0.467 e. The number of hydrogen-bond acceptors (Lipinski definition) is 3. The van der Waals surface area contributed by atoms with Gasteiger partial charge in [-0.1, -0.05) is 24.3 Å². The summed E-state index contributed by atoms with van der Waals surface area (Å²) in [7, 11) is 0. The van der Waals surface area contributed by atoms with Crippen LogP contribution in [-0.4, -0.2) is 5.84 Å². The minimum atomic E-state index is 0.0576. The lowest BCUT2D eigenvalue weighted by atomic mass is 10.1. The number of nitrogens with two attached hydrogens (primary N) is 1. The number of hydrogen-bond donors (Lipinski definition) is 2. The van der Waals surface area contributed by atoms with E-state index in [2.05, 4.69) is 0 Å². The normalized spacial score (nSPS) is 10.4. The van der Waals surface area contributed by atoms with Crippen LogP contribution < -0.4 is 5.73 Å². The number of nitrogen functional groups attached to an aromatic ring is 1. The molecule has 0 aliphatic heterocycles. The fraction of sp³-hybridized carbons (Fsp3) is 0.154. The van der Waals surface area contributed by atoms with Crippen molar-refractivity contribution in [3.8, 4) is 0 Å². The van der Waals surface area contributed by atoms with E-state index in [4.69, 9.17) is 20.3 Å². The van der Waals surface area contributed by atoms with E-state index >= 15 is 0 Å². The van der Waals surface area contributed by atoms with Crippen LogP contribution in [0.5, 0.6) is 0 Å². The van der Waals surface area contributed by atoms with Gasteiger partial charge in [-0.3, -0.25) is 5.41 Å². The molecule has 0 aliphatic carbocycles. The Bertz CT molecular complexity index is 492. The molecule has 0 amide bonds. The molecule has 0 unspecified atom stereocenters. The minimum Gasteiger partial charge on any atom is -0.467 e. The highest BCUT2D eigenvalue weighted by Crippen LogP contribution is 2.11. The Morgan fingerprint density at radius 2 is 2.00 bits per heavy atom. The van der Waals surface area contributed by atoms with Gasteiger partial charge in [0, 0.05) is 5.56 Å². The van der Waals surface area contributed by atoms with Gasteiger partial charge in [0.25, 0.3) is 0 Å². The van der Waals surface area contributed by atoms with E-state index in [-0.39, 0.29) is 5.84 Å². The second-order valence-corrected chi connectivity index (χ2v) is 3.64. The predicted molar refractivity (Wildman–Crippen MR) is 64.7 cm³/mol. The third-order valence-corrected chi connectivity index (χ3v) is 2.39. The van der Waals surface area contributed by atoms with Crippen molar-refractivity contribution in [1.82, 2.24) is 0 Å². The number of nitrogens with one attached hydrogen (secondary N) is 1. The molecule has 3 N–H and O–H groups in total. The minimum absolute atomic E-state index is 0.0576. The molecule has 0 fully saturated rings. The highest BCUT2D eigenvalue weighted by Gasteiger charge is 2.04. The van der Waals surface area contributed by atoms with Crippen LogP contribution in [0.2, 0.25) is 0 Å². The average Bonchev–Trinajstić information content (AvgIpc) is 2.82. The highest BCUT2D eigenvalue weighted by atomic mass is 16.5. The molecule has 4 heteroatoms. The van der Waals surface area contributed by atoms with E-state index in [0.29, 0.717) is 18.8 Å². The summed E-state index contributed by atoms with van der Waals surface area (Å²) in [5.41, 5.74) is 7.11. The smallest absolute Gasteiger partial charge is 0.129 e. The van der Waals surface area contributed by atoms with Crippen molar-refractivity contribution >= 4 is 5.84 Å². The molecule has 1 heterocycles. The van der Waals surface area contributed by atoms with Gasteiger partial charge in [0.1, 0.15) is 18.2 Å². The molecule has 0 bridgehead atoms. The molecule has 2 aromatic rings. The maximum absolute atomic E-state index is 7.45. The summed E-state index contributed by atoms with van der Waals surface area (Å²) in [5, 5.41) is 7.45. The van der Waals surface area contributed by atoms with Crippen LogP contribution in [0.1, 0.15) is 16.9 Å². The van der Waals surface area contributed by atoms with Gasteiger partial charge in [0.2, 0.25) is 0 Å². The summed E-state index contributed by atoms with van der Waals surface area (Å²) in [6.45, 7) is 0.829. The SMILES string of the molecule is N=C(N)c1ccccc1COCc1ccco1. The standard InChI is InChI=1S/C13H14N2O2/c14-13(15)12-6-2-1-4-10(12)8-16-9-11-5-3-7-17-11/h1-7H,8-9H2,(H3,14,15). The van der Waals surface area contributed by atoms with E-state index in [1.54, 1.807) is 6.26 Å². The van der Waals surface area contributed by atoms with Crippen LogP contribution in [0.15, 0.2) is 47.1 Å². The van der Waals surface area contributed by atoms with Crippen LogP contribution in [0, 0.1) is 5.41 Å². The first-order valence-corrected chi connectivity index (χ1v) is 5.30. The summed E-state index contributed by atoms with van der Waals surface area (Å²) in [4.78, 5) is 0. The molecule has 1 aromatic heterocycles. The van der Waals surface area contributed by atoms with Crippen molar-refractivity contribution in [3.63, 3.8) is 0 Å². The fourth-order valence-corrected chi connectivity index (χ4v) is 1.57. The van der Waals surface area contributed by atoms with E-state index in [1.807, 2.05) is 36.4 Å². The lowest BCUT2D eigenvalue weighted by molar-refractivity contribution is 0.0928. The molecular weight excluding hydrogens is 216 g/mol. The molecule has 0 saturated carbocycles. The van der Waals surface area contributed by atoms with Gasteiger partial charge in [0.05, 0.1) is 12.9 Å². The van der Waals surface area contributed by atoms with Crippen molar-refractivity contribution in [2.45, 2.75) is 13.2 Å². The van der Waals surface area contributed by atoms with Crippen LogP contribution >= 0.6 is 0 Å². The molecule has 0 aliphatic rings. The van der Waals surface area contributed by atoms with Gasteiger partial charge in [0.15, 0.2) is 0 Å². The van der Waals surface area contributed by atoms with Crippen molar-refractivity contribution < 1.29 is 9.15 Å². The number of benzene rings is 1. The first-order chi connectivity index (χ1) is 8.27. The molecule has 0 spiro atoms. The first-order valence-electron chi connectivity index (χ1n) is 5.30. The summed E-state index contributed by atoms with van der Waals surface area (Å²) in [6, 6.07) is 11.1. The Hall–Kier alpha value is -2.07. The van der Waals surface area contributed by atoms with Crippen molar-refractivity contribution in [2.75, 3.05) is 0 Å². The summed E-state index contributed by atoms with van der Waals surface area (Å²) >= 11 is 0. The summed E-state index contributed by atoms with van der Waals surface area (Å²) in [5.74, 6) is 0.840. The van der Waals surface area contributed by atoms with Crippen LogP contribution in [-0.2, 0) is 18.0 Å². The highest BCUT2D eigenvalue weighted by molar-refractivity contribution is 5.96. The van der Waals surface area contributed by atoms with Crippen molar-refractivity contribution in [1.29, 1.82) is 5.41 Å². The number of amidine groups is 1. The number of rotatable bonds is 5. The van der Waals surface area contributed by atoms with E-state index < -0.39 is 0 Å². The maximum atomic E-state index is 7.45. The monoisotopic (exact) mass is 230 g/mol. The molecule has 1 aromatic carbocycles. The molecule has 88 valence electrons. The lowest BCUT2D eigenvalue weighted by Crippen LogP contribution is -2.14. The lowest BCUT2D eigenvalue weighted by Gasteiger charge is -2.07. The molecular formula is C13H14N2O2. The Balaban J connectivity index is 1.97. The van der Waals surface area contributed by atoms with Gasteiger partial charge in [-0.2, -0.15) is 0 Å². The van der Waals surface area contributed by atoms with Crippen molar-refractivity contribution in [2.24, 2.45) is 5.73 Å². The molecule has 0 atom stereocenters.